The van der Waals surface area contributed by atoms with Gasteiger partial charge in [-0.05, 0) is 49.6 Å². The van der Waals surface area contributed by atoms with Gasteiger partial charge >= 0.3 is 5.97 Å². The van der Waals surface area contributed by atoms with Gasteiger partial charge in [0.2, 0.25) is 10.0 Å². The number of nitrogens with zero attached hydrogens (tertiary/aromatic N) is 1. The van der Waals surface area contributed by atoms with E-state index in [4.69, 9.17) is 5.11 Å². The molecule has 0 amide bonds. The topological polar surface area (TPSA) is 74.7 Å². The second-order valence-electron chi connectivity index (χ2n) is 6.07. The van der Waals surface area contributed by atoms with Gasteiger partial charge in [0.25, 0.3) is 0 Å². The summed E-state index contributed by atoms with van der Waals surface area (Å²) in [5.41, 5.74) is 2.81. The molecule has 0 spiro atoms. The van der Waals surface area contributed by atoms with Crippen LogP contribution >= 0.6 is 0 Å². The number of rotatable bonds is 7. The van der Waals surface area contributed by atoms with Crippen LogP contribution < -0.4 is 0 Å². The van der Waals surface area contributed by atoms with Crippen molar-refractivity contribution in [1.82, 2.24) is 4.31 Å². The predicted molar refractivity (Wildman–Crippen MR) is 97.5 cm³/mol. The van der Waals surface area contributed by atoms with Crippen LogP contribution in [0.3, 0.4) is 0 Å². The normalized spacial score (nSPS) is 11.7. The molecule has 2 aromatic rings. The van der Waals surface area contributed by atoms with Crippen LogP contribution in [0.15, 0.2) is 47.4 Å². The van der Waals surface area contributed by atoms with Crippen LogP contribution in [0.5, 0.6) is 0 Å². The molecular weight excluding hydrogens is 338 g/mol. The number of carboxylic acid groups (broad SMARTS) is 1. The first kappa shape index (κ1) is 19.1. The lowest BCUT2D eigenvalue weighted by atomic mass is 10.1. The summed E-state index contributed by atoms with van der Waals surface area (Å²) in [6, 6.07) is 12.2. The van der Waals surface area contributed by atoms with Crippen LogP contribution in [0.25, 0.3) is 0 Å². The maximum Gasteiger partial charge on any atom is 0.335 e. The number of sulfonamides is 1. The van der Waals surface area contributed by atoms with Crippen molar-refractivity contribution in [2.45, 2.75) is 32.1 Å². The van der Waals surface area contributed by atoms with E-state index in [1.54, 1.807) is 13.8 Å². The molecule has 0 unspecified atom stereocenters. The van der Waals surface area contributed by atoms with E-state index in [1.807, 2.05) is 31.2 Å². The van der Waals surface area contributed by atoms with E-state index in [9.17, 15) is 13.2 Å². The van der Waals surface area contributed by atoms with E-state index in [0.29, 0.717) is 25.1 Å². The first-order valence-corrected chi connectivity index (χ1v) is 9.58. The summed E-state index contributed by atoms with van der Waals surface area (Å²) >= 11 is 0. The lowest BCUT2D eigenvalue weighted by Crippen LogP contribution is -2.33. The molecule has 0 heterocycles. The second-order valence-corrected chi connectivity index (χ2v) is 8.01. The predicted octanol–water partition coefficient (Wildman–Crippen LogP) is 3.25. The molecular formula is C19H23NO4S. The largest absolute Gasteiger partial charge is 0.478 e. The summed E-state index contributed by atoms with van der Waals surface area (Å²) in [6.45, 7) is 6.14. The zero-order chi connectivity index (χ0) is 18.6. The summed E-state index contributed by atoms with van der Waals surface area (Å²) in [4.78, 5) is 11.2. The Kier molecular flexibility index (Phi) is 5.98. The standard InChI is InChI=1S/C19H23NO4S/c1-4-20(10-9-16-7-5-14(2)6-8-16)25(23,24)18-12-15(3)11-17(13-18)19(21)22/h5-8,11-13H,4,9-10H2,1-3H3,(H,21,22). The van der Waals surface area contributed by atoms with E-state index >= 15 is 0 Å². The number of carbonyl (C=O) groups is 1. The Morgan fingerprint density at radius 1 is 1.04 bits per heavy atom. The molecule has 0 fully saturated rings. The Balaban J connectivity index is 2.26. The highest BCUT2D eigenvalue weighted by atomic mass is 32.2. The van der Waals surface area contributed by atoms with Gasteiger partial charge < -0.3 is 5.11 Å². The van der Waals surface area contributed by atoms with Crippen molar-refractivity contribution in [1.29, 1.82) is 0 Å². The third-order valence-electron chi connectivity index (χ3n) is 4.06. The number of aromatic carboxylic acids is 1. The summed E-state index contributed by atoms with van der Waals surface area (Å²) in [7, 11) is -3.74. The number of aryl methyl sites for hydroxylation is 2. The summed E-state index contributed by atoms with van der Waals surface area (Å²) < 4.78 is 27.2. The van der Waals surface area contributed by atoms with Crippen molar-refractivity contribution in [2.75, 3.05) is 13.1 Å². The molecule has 0 aliphatic rings. The molecule has 0 aromatic heterocycles. The van der Waals surface area contributed by atoms with Gasteiger partial charge in [-0.2, -0.15) is 4.31 Å². The van der Waals surface area contributed by atoms with Crippen molar-refractivity contribution in [3.8, 4) is 0 Å². The molecule has 134 valence electrons. The molecule has 1 N–H and O–H groups in total. The van der Waals surface area contributed by atoms with E-state index < -0.39 is 16.0 Å². The lowest BCUT2D eigenvalue weighted by molar-refractivity contribution is 0.0696. The van der Waals surface area contributed by atoms with Gasteiger partial charge in [-0.3, -0.25) is 0 Å². The number of hydrogen-bond donors (Lipinski definition) is 1. The average molecular weight is 361 g/mol. The lowest BCUT2D eigenvalue weighted by Gasteiger charge is -2.21. The molecule has 0 aliphatic carbocycles. The van der Waals surface area contributed by atoms with E-state index in [-0.39, 0.29) is 10.5 Å². The first-order chi connectivity index (χ1) is 11.7. The second kappa shape index (κ2) is 7.80. The molecule has 0 aliphatic heterocycles. The number of carboxylic acids is 1. The van der Waals surface area contributed by atoms with Crippen molar-refractivity contribution in [3.05, 3.63) is 64.7 Å². The van der Waals surface area contributed by atoms with Crippen molar-refractivity contribution in [2.24, 2.45) is 0 Å². The fourth-order valence-electron chi connectivity index (χ4n) is 2.63. The van der Waals surface area contributed by atoms with Crippen molar-refractivity contribution >= 4 is 16.0 Å². The Bertz CT molecular complexity index is 857. The van der Waals surface area contributed by atoms with E-state index in [0.717, 1.165) is 11.1 Å². The van der Waals surface area contributed by atoms with Gasteiger partial charge in [0.1, 0.15) is 0 Å². The highest BCUT2D eigenvalue weighted by Gasteiger charge is 2.24. The minimum atomic E-state index is -3.74. The third kappa shape index (κ3) is 4.67. The fourth-order valence-corrected chi connectivity index (χ4v) is 4.21. The molecule has 0 bridgehead atoms. The SMILES string of the molecule is CCN(CCc1ccc(C)cc1)S(=O)(=O)c1cc(C)cc(C(=O)O)c1. The van der Waals surface area contributed by atoms with E-state index in [2.05, 4.69) is 0 Å². The Morgan fingerprint density at radius 2 is 1.68 bits per heavy atom. The third-order valence-corrected chi connectivity index (χ3v) is 6.01. The Labute approximate surface area is 149 Å². The van der Waals surface area contributed by atoms with Crippen molar-refractivity contribution in [3.63, 3.8) is 0 Å². The molecule has 2 aromatic carbocycles. The summed E-state index contributed by atoms with van der Waals surface area (Å²) in [5.74, 6) is -1.14. The molecule has 6 heteroatoms. The quantitative estimate of drug-likeness (QED) is 0.821. The Hall–Kier alpha value is -2.18. The number of benzene rings is 2. The molecule has 5 nitrogen and oxygen atoms in total. The smallest absolute Gasteiger partial charge is 0.335 e. The van der Waals surface area contributed by atoms with Gasteiger partial charge in [0.05, 0.1) is 10.5 Å². The van der Waals surface area contributed by atoms with E-state index in [1.165, 1.54) is 22.5 Å². The number of likely N-dealkylation sites (N-methyl/N-ethyl adjacent to an activating group) is 1. The van der Waals surface area contributed by atoms with Crippen LogP contribution in [0.4, 0.5) is 0 Å². The highest BCUT2D eigenvalue weighted by Crippen LogP contribution is 2.20. The molecule has 0 radical (unpaired) electrons. The van der Waals surface area contributed by atoms with Crippen LogP contribution in [0.1, 0.15) is 34.0 Å². The molecule has 25 heavy (non-hydrogen) atoms. The summed E-state index contributed by atoms with van der Waals surface area (Å²) in [6.07, 6.45) is 0.602. The van der Waals surface area contributed by atoms with Gasteiger partial charge in [-0.25, -0.2) is 13.2 Å². The number of hydrogen-bond acceptors (Lipinski definition) is 3. The highest BCUT2D eigenvalue weighted by molar-refractivity contribution is 7.89. The van der Waals surface area contributed by atoms with Crippen LogP contribution in [0.2, 0.25) is 0 Å². The van der Waals surface area contributed by atoms with Gasteiger partial charge in [0.15, 0.2) is 0 Å². The monoisotopic (exact) mass is 361 g/mol. The Morgan fingerprint density at radius 3 is 2.24 bits per heavy atom. The molecule has 2 rings (SSSR count). The minimum Gasteiger partial charge on any atom is -0.478 e. The zero-order valence-corrected chi connectivity index (χ0v) is 15.5. The zero-order valence-electron chi connectivity index (χ0n) is 14.7. The minimum absolute atomic E-state index is 0.0202. The van der Waals surface area contributed by atoms with Crippen LogP contribution in [-0.4, -0.2) is 36.9 Å². The fraction of sp³-hybridized carbons (Fsp3) is 0.316. The summed E-state index contributed by atoms with van der Waals surface area (Å²) in [5, 5.41) is 9.16. The van der Waals surface area contributed by atoms with Gasteiger partial charge in [-0.15, -0.1) is 0 Å². The maximum absolute atomic E-state index is 12.9. The maximum atomic E-state index is 12.9. The van der Waals surface area contributed by atoms with Crippen LogP contribution in [0, 0.1) is 13.8 Å². The van der Waals surface area contributed by atoms with Gasteiger partial charge in [-0.1, -0.05) is 36.8 Å². The van der Waals surface area contributed by atoms with Gasteiger partial charge in [0, 0.05) is 13.1 Å². The molecule has 0 saturated carbocycles. The van der Waals surface area contributed by atoms with Crippen LogP contribution in [-0.2, 0) is 16.4 Å². The van der Waals surface area contributed by atoms with Crippen molar-refractivity contribution < 1.29 is 18.3 Å². The first-order valence-electron chi connectivity index (χ1n) is 8.14. The average Bonchev–Trinajstić information content (AvgIpc) is 2.56. The molecule has 0 saturated heterocycles. The molecule has 0 atom stereocenters.